The van der Waals surface area contributed by atoms with Gasteiger partial charge in [0.2, 0.25) is 5.82 Å². The number of aliphatic carboxylic acids is 1. The second-order valence-corrected chi connectivity index (χ2v) is 5.69. The van der Waals surface area contributed by atoms with Crippen molar-refractivity contribution in [3.8, 4) is 0 Å². The first-order valence-corrected chi connectivity index (χ1v) is 7.43. The number of carboxylic acids is 1. The van der Waals surface area contributed by atoms with Gasteiger partial charge in [-0.2, -0.15) is 0 Å². The molecule has 0 spiro atoms. The molecule has 1 fully saturated rings. The summed E-state index contributed by atoms with van der Waals surface area (Å²) in [6.45, 7) is 5.16. The first-order chi connectivity index (χ1) is 10.0. The maximum absolute atomic E-state index is 12.4. The molecule has 1 aliphatic heterocycles. The van der Waals surface area contributed by atoms with Gasteiger partial charge in [0.25, 0.3) is 5.91 Å². The summed E-state index contributed by atoms with van der Waals surface area (Å²) in [6.07, 6.45) is 2.71. The molecule has 1 aromatic heterocycles. The SMILES string of the molecule is CCc1nc(C(=O)N2CCCC(C(C)CC(=O)O)C2)n[nH]1. The van der Waals surface area contributed by atoms with Crippen LogP contribution in [-0.2, 0) is 11.2 Å². The van der Waals surface area contributed by atoms with Gasteiger partial charge in [0.1, 0.15) is 5.82 Å². The molecule has 2 heterocycles. The lowest BCUT2D eigenvalue weighted by molar-refractivity contribution is -0.138. The number of hydrogen-bond donors (Lipinski definition) is 2. The van der Waals surface area contributed by atoms with Gasteiger partial charge in [-0.15, -0.1) is 5.10 Å². The highest BCUT2D eigenvalue weighted by Gasteiger charge is 2.30. The van der Waals surface area contributed by atoms with Crippen LogP contribution >= 0.6 is 0 Å². The molecule has 2 atom stereocenters. The van der Waals surface area contributed by atoms with E-state index in [2.05, 4.69) is 15.2 Å². The fourth-order valence-corrected chi connectivity index (χ4v) is 2.79. The molecule has 116 valence electrons. The number of nitrogens with one attached hydrogen (secondary N) is 1. The van der Waals surface area contributed by atoms with Crippen LogP contribution in [0.4, 0.5) is 0 Å². The Morgan fingerprint density at radius 3 is 2.90 bits per heavy atom. The van der Waals surface area contributed by atoms with Crippen molar-refractivity contribution in [2.45, 2.75) is 39.5 Å². The first kappa shape index (κ1) is 15.5. The fourth-order valence-electron chi connectivity index (χ4n) is 2.79. The van der Waals surface area contributed by atoms with E-state index in [1.807, 2.05) is 13.8 Å². The largest absolute Gasteiger partial charge is 0.481 e. The molecule has 7 nitrogen and oxygen atoms in total. The molecule has 1 amide bonds. The van der Waals surface area contributed by atoms with E-state index in [9.17, 15) is 9.59 Å². The predicted molar refractivity (Wildman–Crippen MR) is 75.8 cm³/mol. The molecular weight excluding hydrogens is 272 g/mol. The summed E-state index contributed by atoms with van der Waals surface area (Å²) in [7, 11) is 0. The Morgan fingerprint density at radius 1 is 1.52 bits per heavy atom. The third kappa shape index (κ3) is 3.80. The van der Waals surface area contributed by atoms with Gasteiger partial charge < -0.3 is 10.0 Å². The van der Waals surface area contributed by atoms with Crippen molar-refractivity contribution in [2.75, 3.05) is 13.1 Å². The quantitative estimate of drug-likeness (QED) is 0.853. The van der Waals surface area contributed by atoms with Crippen LogP contribution in [0.15, 0.2) is 0 Å². The van der Waals surface area contributed by atoms with Crippen LogP contribution in [0.1, 0.15) is 49.6 Å². The van der Waals surface area contributed by atoms with Crippen LogP contribution < -0.4 is 0 Å². The van der Waals surface area contributed by atoms with Gasteiger partial charge in [-0.3, -0.25) is 14.7 Å². The Morgan fingerprint density at radius 2 is 2.29 bits per heavy atom. The molecule has 7 heteroatoms. The number of carboxylic acid groups (broad SMARTS) is 1. The minimum Gasteiger partial charge on any atom is -0.481 e. The highest BCUT2D eigenvalue weighted by molar-refractivity contribution is 5.90. The standard InChI is InChI=1S/C14H22N4O3/c1-3-11-15-13(17-16-11)14(21)18-6-4-5-10(8-18)9(2)7-12(19)20/h9-10H,3-8H2,1-2H3,(H,19,20)(H,15,16,17). The molecule has 1 saturated heterocycles. The summed E-state index contributed by atoms with van der Waals surface area (Å²) in [5, 5.41) is 15.6. The third-order valence-corrected chi connectivity index (χ3v) is 4.10. The van der Waals surface area contributed by atoms with Gasteiger partial charge in [0.15, 0.2) is 0 Å². The summed E-state index contributed by atoms with van der Waals surface area (Å²) in [4.78, 5) is 29.1. The molecule has 0 aliphatic carbocycles. The van der Waals surface area contributed by atoms with E-state index < -0.39 is 5.97 Å². The molecule has 2 rings (SSSR count). The lowest BCUT2D eigenvalue weighted by Crippen LogP contribution is -2.42. The van der Waals surface area contributed by atoms with E-state index in [0.29, 0.717) is 25.3 Å². The number of carbonyl (C=O) groups is 2. The average Bonchev–Trinajstić information content (AvgIpc) is 2.95. The van der Waals surface area contributed by atoms with Gasteiger partial charge in [0.05, 0.1) is 0 Å². The second kappa shape index (κ2) is 6.69. The molecule has 0 aromatic carbocycles. The van der Waals surface area contributed by atoms with Crippen molar-refractivity contribution in [3.05, 3.63) is 11.6 Å². The Hall–Kier alpha value is -1.92. The number of piperidine rings is 1. The Labute approximate surface area is 123 Å². The number of aryl methyl sites for hydroxylation is 1. The lowest BCUT2D eigenvalue weighted by Gasteiger charge is -2.34. The number of H-pyrrole nitrogens is 1. The van der Waals surface area contributed by atoms with E-state index in [4.69, 9.17) is 5.11 Å². The highest BCUT2D eigenvalue weighted by Crippen LogP contribution is 2.26. The fraction of sp³-hybridized carbons (Fsp3) is 0.714. The van der Waals surface area contributed by atoms with Crippen LogP contribution in [0.5, 0.6) is 0 Å². The lowest BCUT2D eigenvalue weighted by atomic mass is 9.84. The molecule has 2 unspecified atom stereocenters. The van der Waals surface area contributed by atoms with Gasteiger partial charge >= 0.3 is 5.97 Å². The monoisotopic (exact) mass is 294 g/mol. The summed E-state index contributed by atoms with van der Waals surface area (Å²) < 4.78 is 0. The number of aromatic nitrogens is 3. The zero-order valence-corrected chi connectivity index (χ0v) is 12.5. The second-order valence-electron chi connectivity index (χ2n) is 5.69. The molecule has 21 heavy (non-hydrogen) atoms. The van der Waals surface area contributed by atoms with Crippen LogP contribution in [0.25, 0.3) is 0 Å². The topological polar surface area (TPSA) is 99.2 Å². The Bertz CT molecular complexity index is 514. The maximum atomic E-state index is 12.4. The number of rotatable bonds is 5. The number of hydrogen-bond acceptors (Lipinski definition) is 4. The molecule has 0 saturated carbocycles. The molecular formula is C14H22N4O3. The van der Waals surface area contributed by atoms with Crippen molar-refractivity contribution in [3.63, 3.8) is 0 Å². The summed E-state index contributed by atoms with van der Waals surface area (Å²) in [5.74, 6) is 0.245. The molecule has 1 aromatic rings. The minimum atomic E-state index is -0.785. The Kier molecular flexibility index (Phi) is 4.93. The van der Waals surface area contributed by atoms with E-state index in [1.54, 1.807) is 4.90 Å². The summed E-state index contributed by atoms with van der Waals surface area (Å²) in [5.41, 5.74) is 0. The van der Waals surface area contributed by atoms with Crippen molar-refractivity contribution in [1.29, 1.82) is 0 Å². The number of carbonyl (C=O) groups excluding carboxylic acids is 1. The number of likely N-dealkylation sites (tertiary alicyclic amines) is 1. The molecule has 1 aliphatic rings. The van der Waals surface area contributed by atoms with E-state index >= 15 is 0 Å². The van der Waals surface area contributed by atoms with E-state index in [1.165, 1.54) is 0 Å². The Balaban J connectivity index is 1.99. The number of aromatic amines is 1. The molecule has 0 radical (unpaired) electrons. The third-order valence-electron chi connectivity index (χ3n) is 4.10. The zero-order chi connectivity index (χ0) is 15.4. The van der Waals surface area contributed by atoms with Gasteiger partial charge in [-0.1, -0.05) is 13.8 Å². The smallest absolute Gasteiger partial charge is 0.303 e. The molecule has 0 bridgehead atoms. The van der Waals surface area contributed by atoms with Crippen molar-refractivity contribution in [1.82, 2.24) is 20.1 Å². The average molecular weight is 294 g/mol. The van der Waals surface area contributed by atoms with Crippen LogP contribution in [-0.4, -0.2) is 50.2 Å². The minimum absolute atomic E-state index is 0.0662. The first-order valence-electron chi connectivity index (χ1n) is 7.43. The molecule has 2 N–H and O–H groups in total. The van der Waals surface area contributed by atoms with E-state index in [0.717, 1.165) is 12.8 Å². The number of amides is 1. The van der Waals surface area contributed by atoms with Crippen molar-refractivity contribution >= 4 is 11.9 Å². The normalized spacial score (nSPS) is 20.3. The van der Waals surface area contributed by atoms with Gasteiger partial charge in [0, 0.05) is 25.9 Å². The van der Waals surface area contributed by atoms with Crippen molar-refractivity contribution in [2.24, 2.45) is 11.8 Å². The van der Waals surface area contributed by atoms with E-state index in [-0.39, 0.29) is 30.0 Å². The summed E-state index contributed by atoms with van der Waals surface area (Å²) >= 11 is 0. The maximum Gasteiger partial charge on any atom is 0.303 e. The van der Waals surface area contributed by atoms with Crippen molar-refractivity contribution < 1.29 is 14.7 Å². The van der Waals surface area contributed by atoms with Crippen LogP contribution in [0.2, 0.25) is 0 Å². The predicted octanol–water partition coefficient (Wildman–Crippen LogP) is 1.33. The van der Waals surface area contributed by atoms with Gasteiger partial charge in [-0.05, 0) is 24.7 Å². The van der Waals surface area contributed by atoms with Crippen LogP contribution in [0, 0.1) is 11.8 Å². The van der Waals surface area contributed by atoms with Gasteiger partial charge in [-0.25, -0.2) is 4.98 Å². The number of nitrogens with zero attached hydrogens (tertiary/aromatic N) is 3. The highest BCUT2D eigenvalue weighted by atomic mass is 16.4. The zero-order valence-electron chi connectivity index (χ0n) is 12.5. The van der Waals surface area contributed by atoms with Crippen LogP contribution in [0.3, 0.4) is 0 Å². The summed E-state index contributed by atoms with van der Waals surface area (Å²) in [6, 6.07) is 0.